The van der Waals surface area contributed by atoms with E-state index in [2.05, 4.69) is 14.9 Å². The molecule has 112 valence electrons. The highest BCUT2D eigenvalue weighted by atomic mass is 32.1. The predicted octanol–water partition coefficient (Wildman–Crippen LogP) is 3.25. The zero-order chi connectivity index (χ0) is 14.8. The van der Waals surface area contributed by atoms with Crippen LogP contribution in [0.1, 0.15) is 41.8 Å². The van der Waals surface area contributed by atoms with Crippen molar-refractivity contribution in [2.75, 3.05) is 11.4 Å². The summed E-state index contributed by atoms with van der Waals surface area (Å²) in [5.41, 5.74) is 1.00. The first-order chi connectivity index (χ1) is 10.1. The van der Waals surface area contributed by atoms with Crippen molar-refractivity contribution < 1.29 is 5.11 Å². The van der Waals surface area contributed by atoms with Crippen molar-refractivity contribution in [2.45, 2.75) is 45.3 Å². The maximum Gasteiger partial charge on any atom is 0.132 e. The molecule has 1 aliphatic heterocycles. The van der Waals surface area contributed by atoms with E-state index in [1.165, 1.54) is 0 Å². The van der Waals surface area contributed by atoms with Gasteiger partial charge in [0, 0.05) is 29.2 Å². The van der Waals surface area contributed by atoms with Gasteiger partial charge in [0.2, 0.25) is 0 Å². The van der Waals surface area contributed by atoms with Gasteiger partial charge in [0.1, 0.15) is 11.6 Å². The van der Waals surface area contributed by atoms with Crippen LogP contribution in [0.15, 0.2) is 23.6 Å². The molecule has 2 aromatic rings. The van der Waals surface area contributed by atoms with Gasteiger partial charge in [-0.05, 0) is 44.6 Å². The minimum atomic E-state index is -0.375. The Hall–Kier alpha value is -1.46. The number of rotatable bonds is 4. The molecule has 0 saturated carbocycles. The van der Waals surface area contributed by atoms with Crippen LogP contribution < -0.4 is 4.90 Å². The molecule has 0 aliphatic carbocycles. The third kappa shape index (κ3) is 3.24. The molecule has 0 aromatic carbocycles. The molecule has 2 aromatic heterocycles. The van der Waals surface area contributed by atoms with Crippen LogP contribution in [0, 0.1) is 13.8 Å². The molecule has 0 spiro atoms. The number of hydrogen-bond donors (Lipinski definition) is 1. The lowest BCUT2D eigenvalue weighted by Gasteiger charge is -2.27. The van der Waals surface area contributed by atoms with E-state index in [1.54, 1.807) is 11.3 Å². The van der Waals surface area contributed by atoms with Gasteiger partial charge in [0.25, 0.3) is 0 Å². The molecule has 1 saturated heterocycles. The summed E-state index contributed by atoms with van der Waals surface area (Å²) in [4.78, 5) is 12.3. The van der Waals surface area contributed by atoms with E-state index in [-0.39, 0.29) is 6.10 Å². The van der Waals surface area contributed by atoms with E-state index in [0.29, 0.717) is 6.04 Å². The van der Waals surface area contributed by atoms with Gasteiger partial charge in [-0.3, -0.25) is 0 Å². The van der Waals surface area contributed by atoms with Crippen LogP contribution in [0.2, 0.25) is 0 Å². The zero-order valence-electron chi connectivity index (χ0n) is 12.5. The van der Waals surface area contributed by atoms with Crippen LogP contribution in [0.4, 0.5) is 5.82 Å². The van der Waals surface area contributed by atoms with Gasteiger partial charge in [0.15, 0.2) is 0 Å². The molecular formula is C16H21N3OS. The third-order valence-electron chi connectivity index (χ3n) is 3.99. The molecule has 1 fully saturated rings. The van der Waals surface area contributed by atoms with Crippen LogP contribution in [-0.2, 0) is 0 Å². The summed E-state index contributed by atoms with van der Waals surface area (Å²) in [6, 6.07) is 6.40. The molecule has 1 aliphatic rings. The van der Waals surface area contributed by atoms with Gasteiger partial charge in [-0.25, -0.2) is 9.97 Å². The predicted molar refractivity (Wildman–Crippen MR) is 85.8 cm³/mol. The maximum absolute atomic E-state index is 10.4. The number of nitrogens with zero attached hydrogens (tertiary/aromatic N) is 3. The van der Waals surface area contributed by atoms with Gasteiger partial charge >= 0.3 is 0 Å². The summed E-state index contributed by atoms with van der Waals surface area (Å²) in [7, 11) is 0. The molecule has 2 atom stereocenters. The summed E-state index contributed by atoms with van der Waals surface area (Å²) in [6.45, 7) is 4.95. The smallest absolute Gasteiger partial charge is 0.132 e. The Kier molecular flexibility index (Phi) is 4.22. The van der Waals surface area contributed by atoms with Crippen LogP contribution in [0.3, 0.4) is 0 Å². The Morgan fingerprint density at radius 3 is 3.00 bits per heavy atom. The monoisotopic (exact) mass is 303 g/mol. The van der Waals surface area contributed by atoms with Crippen molar-refractivity contribution in [1.29, 1.82) is 0 Å². The Balaban J connectivity index is 1.76. The number of aryl methyl sites for hydroxylation is 2. The minimum absolute atomic E-state index is 0.357. The Labute approximate surface area is 129 Å². The van der Waals surface area contributed by atoms with Crippen molar-refractivity contribution in [3.63, 3.8) is 0 Å². The number of aliphatic hydroxyl groups is 1. The molecule has 3 heterocycles. The molecule has 4 nitrogen and oxygen atoms in total. The summed E-state index contributed by atoms with van der Waals surface area (Å²) in [5, 5.41) is 12.4. The van der Waals surface area contributed by atoms with Gasteiger partial charge in [0.05, 0.1) is 6.10 Å². The second kappa shape index (κ2) is 6.12. The Bertz CT molecular complexity index is 579. The Morgan fingerprint density at radius 1 is 1.43 bits per heavy atom. The second-order valence-corrected chi connectivity index (χ2v) is 6.65. The summed E-state index contributed by atoms with van der Waals surface area (Å²) in [6.07, 6.45) is 2.66. The number of aliphatic hydroxyl groups excluding tert-OH is 1. The van der Waals surface area contributed by atoms with Crippen molar-refractivity contribution in [3.8, 4) is 0 Å². The van der Waals surface area contributed by atoms with Gasteiger partial charge in [-0.15, -0.1) is 11.3 Å². The molecule has 0 unspecified atom stereocenters. The van der Waals surface area contributed by atoms with Crippen LogP contribution in [0.5, 0.6) is 0 Å². The van der Waals surface area contributed by atoms with Crippen molar-refractivity contribution >= 4 is 17.2 Å². The SMILES string of the molecule is Cc1cc(N2CCC[C@H]2C[C@H](O)c2cccs2)nc(C)n1. The average Bonchev–Trinajstić information content (AvgIpc) is 3.08. The second-order valence-electron chi connectivity index (χ2n) is 5.67. The van der Waals surface area contributed by atoms with Gasteiger partial charge in [-0.1, -0.05) is 6.07 Å². The lowest BCUT2D eigenvalue weighted by molar-refractivity contribution is 0.161. The van der Waals surface area contributed by atoms with Crippen molar-refractivity contribution in [3.05, 3.63) is 40.0 Å². The summed E-state index contributed by atoms with van der Waals surface area (Å²) >= 11 is 1.62. The van der Waals surface area contributed by atoms with Gasteiger partial charge in [-0.2, -0.15) is 0 Å². The van der Waals surface area contributed by atoms with Crippen LogP contribution in [-0.4, -0.2) is 27.7 Å². The quantitative estimate of drug-likeness (QED) is 0.942. The van der Waals surface area contributed by atoms with Crippen molar-refractivity contribution in [1.82, 2.24) is 9.97 Å². The number of aromatic nitrogens is 2. The van der Waals surface area contributed by atoms with E-state index in [0.717, 1.165) is 48.0 Å². The van der Waals surface area contributed by atoms with E-state index in [1.807, 2.05) is 37.4 Å². The van der Waals surface area contributed by atoms with Gasteiger partial charge < -0.3 is 10.0 Å². The first-order valence-corrected chi connectivity index (χ1v) is 8.32. The topological polar surface area (TPSA) is 49.2 Å². The van der Waals surface area contributed by atoms with Crippen LogP contribution >= 0.6 is 11.3 Å². The van der Waals surface area contributed by atoms with E-state index in [9.17, 15) is 5.11 Å². The molecular weight excluding hydrogens is 282 g/mol. The molecule has 1 N–H and O–H groups in total. The Morgan fingerprint density at radius 2 is 2.29 bits per heavy atom. The zero-order valence-corrected chi connectivity index (χ0v) is 13.3. The van der Waals surface area contributed by atoms with E-state index >= 15 is 0 Å². The van der Waals surface area contributed by atoms with Crippen LogP contribution in [0.25, 0.3) is 0 Å². The lowest BCUT2D eigenvalue weighted by atomic mass is 10.1. The lowest BCUT2D eigenvalue weighted by Crippen LogP contribution is -2.31. The minimum Gasteiger partial charge on any atom is -0.387 e. The third-order valence-corrected chi connectivity index (χ3v) is 4.96. The number of thiophene rings is 1. The highest BCUT2D eigenvalue weighted by Crippen LogP contribution is 2.32. The average molecular weight is 303 g/mol. The molecule has 0 amide bonds. The highest BCUT2D eigenvalue weighted by molar-refractivity contribution is 7.10. The number of hydrogen-bond acceptors (Lipinski definition) is 5. The summed E-state index contributed by atoms with van der Waals surface area (Å²) < 4.78 is 0. The van der Waals surface area contributed by atoms with E-state index in [4.69, 9.17) is 0 Å². The molecule has 0 bridgehead atoms. The first-order valence-electron chi connectivity index (χ1n) is 7.44. The largest absolute Gasteiger partial charge is 0.387 e. The maximum atomic E-state index is 10.4. The van der Waals surface area contributed by atoms with Crippen molar-refractivity contribution in [2.24, 2.45) is 0 Å². The summed E-state index contributed by atoms with van der Waals surface area (Å²) in [5.74, 6) is 1.82. The molecule has 21 heavy (non-hydrogen) atoms. The molecule has 3 rings (SSSR count). The highest BCUT2D eigenvalue weighted by Gasteiger charge is 2.28. The van der Waals surface area contributed by atoms with E-state index < -0.39 is 0 Å². The fraction of sp³-hybridized carbons (Fsp3) is 0.500. The number of anilines is 1. The normalized spacial score (nSPS) is 20.0. The first kappa shape index (κ1) is 14.5. The fourth-order valence-electron chi connectivity index (χ4n) is 3.08. The molecule has 0 radical (unpaired) electrons. The standard InChI is InChI=1S/C16H21N3OS/c1-11-9-16(18-12(2)17-11)19-7-3-5-13(19)10-14(20)15-6-4-8-21-15/h4,6,8-9,13-14,20H,3,5,7,10H2,1-2H3/t13-,14-/m0/s1. The molecule has 5 heteroatoms. The fourth-order valence-corrected chi connectivity index (χ4v) is 3.81.